The highest BCUT2D eigenvalue weighted by Gasteiger charge is 2.22. The van der Waals surface area contributed by atoms with Crippen molar-refractivity contribution in [3.05, 3.63) is 42.5 Å². The Balaban J connectivity index is 1.97. The van der Waals surface area contributed by atoms with E-state index in [2.05, 4.69) is 10.0 Å². The fourth-order valence-corrected chi connectivity index (χ4v) is 3.61. The topological polar surface area (TPSA) is 84.5 Å². The third kappa shape index (κ3) is 5.52. The maximum atomic E-state index is 12.5. The molecule has 0 unspecified atom stereocenters. The molecule has 6 nitrogen and oxygen atoms in total. The Kier molecular flexibility index (Phi) is 6.92. The van der Waals surface area contributed by atoms with Gasteiger partial charge in [0.1, 0.15) is 0 Å². The second kappa shape index (κ2) is 8.94. The smallest absolute Gasteiger partial charge is 0.241 e. The normalized spacial score (nSPS) is 12.9. The van der Waals surface area contributed by atoms with Gasteiger partial charge in [-0.15, -0.1) is 0 Å². The number of carbonyl (C=O) groups is 1. The minimum atomic E-state index is -3.77. The van der Waals surface area contributed by atoms with Crippen molar-refractivity contribution >= 4 is 26.7 Å². The number of sulfonamides is 1. The van der Waals surface area contributed by atoms with Crippen LogP contribution in [-0.4, -0.2) is 40.1 Å². The van der Waals surface area contributed by atoms with E-state index in [-0.39, 0.29) is 10.8 Å². The molecule has 2 N–H and O–H groups in total. The first-order chi connectivity index (χ1) is 11.9. The maximum absolute atomic E-state index is 12.5. The minimum absolute atomic E-state index is 0.141. The van der Waals surface area contributed by atoms with Crippen LogP contribution >= 0.6 is 0 Å². The molecule has 0 spiro atoms. The van der Waals surface area contributed by atoms with Crippen molar-refractivity contribution in [2.75, 3.05) is 19.8 Å². The van der Waals surface area contributed by atoms with Crippen LogP contribution in [0.15, 0.2) is 47.4 Å². The molecule has 25 heavy (non-hydrogen) atoms. The number of fused-ring (bicyclic) bond motifs is 1. The van der Waals surface area contributed by atoms with E-state index in [1.807, 2.05) is 31.2 Å². The molecule has 0 aliphatic carbocycles. The van der Waals surface area contributed by atoms with Crippen LogP contribution in [0.4, 0.5) is 0 Å². The van der Waals surface area contributed by atoms with Gasteiger partial charge in [-0.25, -0.2) is 8.42 Å². The monoisotopic (exact) mass is 364 g/mol. The zero-order valence-corrected chi connectivity index (χ0v) is 15.3. The number of ether oxygens (including phenoxy) is 1. The number of carbonyl (C=O) groups excluding carboxylic acids is 1. The molecular weight excluding hydrogens is 340 g/mol. The maximum Gasteiger partial charge on any atom is 0.241 e. The molecule has 0 fully saturated rings. The van der Waals surface area contributed by atoms with Crippen molar-refractivity contribution in [3.63, 3.8) is 0 Å². The molecule has 0 aromatic heterocycles. The van der Waals surface area contributed by atoms with Gasteiger partial charge in [-0.3, -0.25) is 4.79 Å². The molecule has 1 atom stereocenters. The van der Waals surface area contributed by atoms with Crippen LogP contribution in [0.25, 0.3) is 10.8 Å². The molecule has 1 amide bonds. The Morgan fingerprint density at radius 1 is 1.16 bits per heavy atom. The van der Waals surface area contributed by atoms with Crippen LogP contribution in [-0.2, 0) is 19.6 Å². The van der Waals surface area contributed by atoms with E-state index in [0.29, 0.717) is 26.2 Å². The van der Waals surface area contributed by atoms with Crippen molar-refractivity contribution < 1.29 is 17.9 Å². The summed E-state index contributed by atoms with van der Waals surface area (Å²) in [6, 6.07) is 11.5. The van der Waals surface area contributed by atoms with Gasteiger partial charge >= 0.3 is 0 Å². The van der Waals surface area contributed by atoms with Gasteiger partial charge in [0.2, 0.25) is 15.9 Å². The lowest BCUT2D eigenvalue weighted by molar-refractivity contribution is -0.122. The second-order valence-corrected chi connectivity index (χ2v) is 7.41. The molecule has 0 saturated carbocycles. The van der Waals surface area contributed by atoms with Gasteiger partial charge in [0.05, 0.1) is 10.9 Å². The molecule has 0 aliphatic heterocycles. The Hall–Kier alpha value is -1.96. The Labute approximate surface area is 148 Å². The van der Waals surface area contributed by atoms with Crippen LogP contribution in [0.2, 0.25) is 0 Å². The third-order valence-corrected chi connectivity index (χ3v) is 5.26. The molecule has 0 heterocycles. The highest BCUT2D eigenvalue weighted by Crippen LogP contribution is 2.19. The van der Waals surface area contributed by atoms with Crippen LogP contribution in [0.5, 0.6) is 0 Å². The number of hydrogen-bond acceptors (Lipinski definition) is 4. The van der Waals surface area contributed by atoms with Crippen LogP contribution in [0.3, 0.4) is 0 Å². The number of benzene rings is 2. The molecule has 0 saturated heterocycles. The largest absolute Gasteiger partial charge is 0.382 e. The molecule has 0 bridgehead atoms. The molecular formula is C18H24N2O4S. The van der Waals surface area contributed by atoms with Gasteiger partial charge < -0.3 is 10.1 Å². The van der Waals surface area contributed by atoms with E-state index in [1.165, 1.54) is 13.0 Å². The highest BCUT2D eigenvalue weighted by molar-refractivity contribution is 7.89. The minimum Gasteiger partial charge on any atom is -0.382 e. The third-order valence-electron chi connectivity index (χ3n) is 3.73. The predicted molar refractivity (Wildman–Crippen MR) is 97.9 cm³/mol. The summed E-state index contributed by atoms with van der Waals surface area (Å²) in [5, 5.41) is 4.49. The Morgan fingerprint density at radius 2 is 1.88 bits per heavy atom. The lowest BCUT2D eigenvalue weighted by Gasteiger charge is -2.15. The van der Waals surface area contributed by atoms with Crippen LogP contribution < -0.4 is 10.0 Å². The lowest BCUT2D eigenvalue weighted by Crippen LogP contribution is -2.45. The Bertz CT molecular complexity index is 821. The standard InChI is InChI=1S/C18H24N2O4S/c1-3-24-12-6-11-19-18(21)14(2)20-25(22,23)17-10-9-15-7-4-5-8-16(15)13-17/h4-5,7-10,13-14,20H,3,6,11-12H2,1-2H3,(H,19,21)/t14-/m0/s1. The second-order valence-electron chi connectivity index (χ2n) is 5.69. The van der Waals surface area contributed by atoms with Gasteiger partial charge in [-0.05, 0) is 43.2 Å². The van der Waals surface area contributed by atoms with Gasteiger partial charge in [-0.2, -0.15) is 4.72 Å². The number of rotatable bonds is 9. The van der Waals surface area contributed by atoms with Crippen molar-refractivity contribution in [2.45, 2.75) is 31.2 Å². The zero-order chi connectivity index (χ0) is 18.3. The van der Waals surface area contributed by atoms with E-state index in [4.69, 9.17) is 4.74 Å². The average molecular weight is 364 g/mol. The van der Waals surface area contributed by atoms with Crippen LogP contribution in [0.1, 0.15) is 20.3 Å². The fourth-order valence-electron chi connectivity index (χ4n) is 2.37. The quantitative estimate of drug-likeness (QED) is 0.667. The predicted octanol–water partition coefficient (Wildman–Crippen LogP) is 2.05. The van der Waals surface area contributed by atoms with E-state index in [9.17, 15) is 13.2 Å². The summed E-state index contributed by atoms with van der Waals surface area (Å²) >= 11 is 0. The first kappa shape index (κ1) is 19.4. The van der Waals surface area contributed by atoms with Crippen molar-refractivity contribution in [1.82, 2.24) is 10.0 Å². The van der Waals surface area contributed by atoms with Gasteiger partial charge in [0.15, 0.2) is 0 Å². The molecule has 7 heteroatoms. The zero-order valence-electron chi connectivity index (χ0n) is 14.5. The SMILES string of the molecule is CCOCCCNC(=O)[C@H](C)NS(=O)(=O)c1ccc2ccccc2c1. The molecule has 2 aromatic carbocycles. The molecule has 136 valence electrons. The molecule has 0 radical (unpaired) electrons. The van der Waals surface area contributed by atoms with Crippen LogP contribution in [0, 0.1) is 0 Å². The van der Waals surface area contributed by atoms with Gasteiger partial charge in [-0.1, -0.05) is 30.3 Å². The van der Waals surface area contributed by atoms with Gasteiger partial charge in [0, 0.05) is 19.8 Å². The summed E-state index contributed by atoms with van der Waals surface area (Å²) in [5.41, 5.74) is 0. The van der Waals surface area contributed by atoms with E-state index in [0.717, 1.165) is 10.8 Å². The summed E-state index contributed by atoms with van der Waals surface area (Å²) in [5.74, 6) is -0.360. The average Bonchev–Trinajstić information content (AvgIpc) is 2.60. The summed E-state index contributed by atoms with van der Waals surface area (Å²) in [7, 11) is -3.77. The first-order valence-electron chi connectivity index (χ1n) is 8.30. The number of nitrogens with one attached hydrogen (secondary N) is 2. The molecule has 2 rings (SSSR count). The van der Waals surface area contributed by atoms with E-state index < -0.39 is 16.1 Å². The first-order valence-corrected chi connectivity index (χ1v) is 9.79. The number of amides is 1. The summed E-state index contributed by atoms with van der Waals surface area (Å²) in [6.45, 7) is 5.07. The van der Waals surface area contributed by atoms with Gasteiger partial charge in [0.25, 0.3) is 0 Å². The van der Waals surface area contributed by atoms with E-state index in [1.54, 1.807) is 12.1 Å². The molecule has 0 aliphatic rings. The van der Waals surface area contributed by atoms with E-state index >= 15 is 0 Å². The fraction of sp³-hybridized carbons (Fsp3) is 0.389. The number of hydrogen-bond donors (Lipinski definition) is 2. The highest BCUT2D eigenvalue weighted by atomic mass is 32.2. The summed E-state index contributed by atoms with van der Waals surface area (Å²) < 4.78 is 32.6. The lowest BCUT2D eigenvalue weighted by atomic mass is 10.1. The summed E-state index contributed by atoms with van der Waals surface area (Å²) in [4.78, 5) is 12.2. The molecule has 2 aromatic rings. The van der Waals surface area contributed by atoms with Crippen molar-refractivity contribution in [1.29, 1.82) is 0 Å². The van der Waals surface area contributed by atoms with Crippen molar-refractivity contribution in [3.8, 4) is 0 Å². The summed E-state index contributed by atoms with van der Waals surface area (Å²) in [6.07, 6.45) is 0.684. The Morgan fingerprint density at radius 3 is 2.60 bits per heavy atom. The van der Waals surface area contributed by atoms with Crippen molar-refractivity contribution in [2.24, 2.45) is 0 Å².